The van der Waals surface area contributed by atoms with Crippen LogP contribution in [0.2, 0.25) is 0 Å². The molecule has 0 aromatic carbocycles. The van der Waals surface area contributed by atoms with Crippen LogP contribution in [0.25, 0.3) is 0 Å². The Bertz CT molecular complexity index is 220. The maximum absolute atomic E-state index is 10.0. The average Bonchev–Trinajstić information content (AvgIpc) is 2.57. The first-order valence-corrected chi connectivity index (χ1v) is 4.35. The van der Waals surface area contributed by atoms with Crippen molar-refractivity contribution in [2.24, 2.45) is 0 Å². The van der Waals surface area contributed by atoms with Crippen molar-refractivity contribution >= 4 is 0 Å². The molecule has 0 amide bonds. The Morgan fingerprint density at radius 3 is 2.75 bits per heavy atom. The second-order valence-corrected chi connectivity index (χ2v) is 2.97. The van der Waals surface area contributed by atoms with Gasteiger partial charge in [-0.3, -0.25) is 0 Å². The molecule has 0 aliphatic carbocycles. The van der Waals surface area contributed by atoms with Crippen LogP contribution in [0, 0.1) is 0 Å². The lowest BCUT2D eigenvalue weighted by Crippen LogP contribution is -2.24. The molecule has 0 aliphatic rings. The van der Waals surface area contributed by atoms with E-state index in [1.165, 1.54) is 6.26 Å². The van der Waals surface area contributed by atoms with Gasteiger partial charge in [0.05, 0.1) is 6.20 Å². The molecule has 1 atom stereocenters. The standard InChI is InChI=1S/C9H15NO2/c1-3-5-9(11,4-2)8-10-6-7-12-8/h6-7,11H,3-5H2,1-2H3. The molecule has 1 N–H and O–H groups in total. The maximum atomic E-state index is 10.0. The molecule has 0 saturated carbocycles. The number of nitrogens with zero attached hydrogens (tertiary/aromatic N) is 1. The van der Waals surface area contributed by atoms with E-state index in [0.717, 1.165) is 6.42 Å². The summed E-state index contributed by atoms with van der Waals surface area (Å²) >= 11 is 0. The number of aromatic nitrogens is 1. The Morgan fingerprint density at radius 1 is 1.58 bits per heavy atom. The monoisotopic (exact) mass is 169 g/mol. The average molecular weight is 169 g/mol. The van der Waals surface area contributed by atoms with Crippen LogP contribution in [-0.2, 0) is 5.60 Å². The van der Waals surface area contributed by atoms with E-state index >= 15 is 0 Å². The highest BCUT2D eigenvalue weighted by Gasteiger charge is 2.30. The molecule has 1 aromatic rings. The summed E-state index contributed by atoms with van der Waals surface area (Å²) in [5.41, 5.74) is -0.863. The molecule has 1 aromatic heterocycles. The SMILES string of the molecule is CCCC(O)(CC)c1ncco1. The second kappa shape index (κ2) is 3.72. The predicted molar refractivity (Wildman–Crippen MR) is 45.6 cm³/mol. The van der Waals surface area contributed by atoms with Gasteiger partial charge in [0.2, 0.25) is 5.89 Å². The number of aliphatic hydroxyl groups is 1. The van der Waals surface area contributed by atoms with Crippen LogP contribution in [0.5, 0.6) is 0 Å². The van der Waals surface area contributed by atoms with Gasteiger partial charge < -0.3 is 9.52 Å². The lowest BCUT2D eigenvalue weighted by Gasteiger charge is -2.21. The van der Waals surface area contributed by atoms with E-state index in [1.807, 2.05) is 13.8 Å². The fraction of sp³-hybridized carbons (Fsp3) is 0.667. The third kappa shape index (κ3) is 1.67. The molecule has 0 radical (unpaired) electrons. The zero-order valence-corrected chi connectivity index (χ0v) is 7.58. The first-order valence-electron chi connectivity index (χ1n) is 4.35. The minimum Gasteiger partial charge on any atom is -0.446 e. The maximum Gasteiger partial charge on any atom is 0.226 e. The Hall–Kier alpha value is -0.830. The summed E-state index contributed by atoms with van der Waals surface area (Å²) in [7, 11) is 0. The summed E-state index contributed by atoms with van der Waals surface area (Å²) in [6.45, 7) is 3.96. The van der Waals surface area contributed by atoms with E-state index in [4.69, 9.17) is 4.42 Å². The molecule has 1 unspecified atom stereocenters. The lowest BCUT2D eigenvalue weighted by atomic mass is 9.95. The molecule has 0 saturated heterocycles. The Labute approximate surface area is 72.4 Å². The van der Waals surface area contributed by atoms with Crippen molar-refractivity contribution in [3.8, 4) is 0 Å². The van der Waals surface area contributed by atoms with Gasteiger partial charge in [-0.05, 0) is 12.8 Å². The van der Waals surface area contributed by atoms with E-state index < -0.39 is 5.60 Å². The van der Waals surface area contributed by atoms with E-state index in [2.05, 4.69) is 4.98 Å². The van der Waals surface area contributed by atoms with Gasteiger partial charge in [0.1, 0.15) is 11.9 Å². The molecule has 0 fully saturated rings. The summed E-state index contributed by atoms with van der Waals surface area (Å²) in [6, 6.07) is 0. The minimum atomic E-state index is -0.863. The molecule has 12 heavy (non-hydrogen) atoms. The quantitative estimate of drug-likeness (QED) is 0.750. The van der Waals surface area contributed by atoms with Crippen molar-refractivity contribution in [2.75, 3.05) is 0 Å². The number of hydrogen-bond acceptors (Lipinski definition) is 3. The van der Waals surface area contributed by atoms with Gasteiger partial charge in [-0.1, -0.05) is 20.3 Å². The highest BCUT2D eigenvalue weighted by Crippen LogP contribution is 2.28. The van der Waals surface area contributed by atoms with Gasteiger partial charge in [0, 0.05) is 0 Å². The lowest BCUT2D eigenvalue weighted by molar-refractivity contribution is -0.00359. The minimum absolute atomic E-state index is 0.437. The van der Waals surface area contributed by atoms with Gasteiger partial charge in [-0.15, -0.1) is 0 Å². The zero-order valence-electron chi connectivity index (χ0n) is 7.58. The van der Waals surface area contributed by atoms with Crippen molar-refractivity contribution in [1.82, 2.24) is 4.98 Å². The van der Waals surface area contributed by atoms with E-state index in [9.17, 15) is 5.11 Å². The van der Waals surface area contributed by atoms with Crippen LogP contribution in [-0.4, -0.2) is 10.1 Å². The smallest absolute Gasteiger partial charge is 0.226 e. The molecule has 3 heteroatoms. The van der Waals surface area contributed by atoms with Crippen LogP contribution in [0.15, 0.2) is 16.9 Å². The fourth-order valence-electron chi connectivity index (χ4n) is 1.30. The van der Waals surface area contributed by atoms with Crippen LogP contribution in [0.4, 0.5) is 0 Å². The first kappa shape index (κ1) is 9.26. The van der Waals surface area contributed by atoms with Crippen molar-refractivity contribution in [1.29, 1.82) is 0 Å². The molecule has 1 heterocycles. The second-order valence-electron chi connectivity index (χ2n) is 2.97. The summed E-state index contributed by atoms with van der Waals surface area (Å²) in [5, 5.41) is 10.0. The Balaban J connectivity index is 2.80. The summed E-state index contributed by atoms with van der Waals surface area (Å²) in [5.74, 6) is 0.437. The van der Waals surface area contributed by atoms with Crippen LogP contribution in [0.1, 0.15) is 39.0 Å². The van der Waals surface area contributed by atoms with Crippen LogP contribution < -0.4 is 0 Å². The largest absolute Gasteiger partial charge is 0.446 e. The van der Waals surface area contributed by atoms with Crippen LogP contribution in [0.3, 0.4) is 0 Å². The topological polar surface area (TPSA) is 46.3 Å². The summed E-state index contributed by atoms with van der Waals surface area (Å²) in [4.78, 5) is 3.96. The van der Waals surface area contributed by atoms with Crippen molar-refractivity contribution in [3.63, 3.8) is 0 Å². The van der Waals surface area contributed by atoms with Crippen molar-refractivity contribution < 1.29 is 9.52 Å². The zero-order chi connectivity index (χ0) is 9.03. The number of rotatable bonds is 4. The molecule has 3 nitrogen and oxygen atoms in total. The molecule has 1 rings (SSSR count). The highest BCUT2D eigenvalue weighted by molar-refractivity contribution is 4.96. The van der Waals surface area contributed by atoms with Crippen molar-refractivity contribution in [2.45, 2.75) is 38.7 Å². The van der Waals surface area contributed by atoms with Gasteiger partial charge in [-0.25, -0.2) is 4.98 Å². The molecular weight excluding hydrogens is 154 g/mol. The Morgan fingerprint density at radius 2 is 2.33 bits per heavy atom. The summed E-state index contributed by atoms with van der Waals surface area (Å²) in [6.07, 6.45) is 5.31. The third-order valence-electron chi connectivity index (χ3n) is 2.08. The number of oxazole rings is 1. The molecule has 0 aliphatic heterocycles. The normalized spacial score (nSPS) is 15.9. The highest BCUT2D eigenvalue weighted by atomic mass is 16.4. The van der Waals surface area contributed by atoms with Crippen molar-refractivity contribution in [3.05, 3.63) is 18.4 Å². The van der Waals surface area contributed by atoms with E-state index in [1.54, 1.807) is 6.20 Å². The van der Waals surface area contributed by atoms with E-state index in [0.29, 0.717) is 18.7 Å². The molecular formula is C9H15NO2. The van der Waals surface area contributed by atoms with Gasteiger partial charge >= 0.3 is 0 Å². The van der Waals surface area contributed by atoms with Gasteiger partial charge in [0.15, 0.2) is 0 Å². The predicted octanol–water partition coefficient (Wildman–Crippen LogP) is 2.07. The molecule has 68 valence electrons. The van der Waals surface area contributed by atoms with Gasteiger partial charge in [-0.2, -0.15) is 0 Å². The molecule has 0 bridgehead atoms. The van der Waals surface area contributed by atoms with Gasteiger partial charge in [0.25, 0.3) is 0 Å². The van der Waals surface area contributed by atoms with Crippen LogP contribution >= 0.6 is 0 Å². The molecule has 0 spiro atoms. The summed E-state index contributed by atoms with van der Waals surface area (Å²) < 4.78 is 5.08. The fourth-order valence-corrected chi connectivity index (χ4v) is 1.30. The third-order valence-corrected chi connectivity index (χ3v) is 2.08. The first-order chi connectivity index (χ1) is 5.73. The Kier molecular flexibility index (Phi) is 2.87. The van der Waals surface area contributed by atoms with E-state index in [-0.39, 0.29) is 0 Å². The number of hydrogen-bond donors (Lipinski definition) is 1.